The summed E-state index contributed by atoms with van der Waals surface area (Å²) in [5.41, 5.74) is 1.19. The summed E-state index contributed by atoms with van der Waals surface area (Å²) in [5, 5.41) is 2.89. The molecule has 126 valence electrons. The fourth-order valence-corrected chi connectivity index (χ4v) is 2.61. The standard InChI is InChI=1S/C17H25N3O3/c1-13(2)23-17(22)14-4-6-15(7-5-14)18-16(21)12-20-10-8-19(3)9-11-20/h4-7,13H,8-12H2,1-3H3,(H,18,21)/p+2. The number of piperazine rings is 1. The van der Waals surface area contributed by atoms with Crippen LogP contribution >= 0.6 is 0 Å². The number of benzene rings is 1. The Balaban J connectivity index is 1.83. The number of likely N-dealkylation sites (N-methyl/N-ethyl adjacent to an activating group) is 1. The van der Waals surface area contributed by atoms with Gasteiger partial charge in [-0.25, -0.2) is 4.79 Å². The molecule has 3 N–H and O–H groups in total. The van der Waals surface area contributed by atoms with E-state index in [2.05, 4.69) is 12.4 Å². The van der Waals surface area contributed by atoms with Crippen LogP contribution in [0.1, 0.15) is 24.2 Å². The Labute approximate surface area is 137 Å². The van der Waals surface area contributed by atoms with Gasteiger partial charge in [0, 0.05) is 5.69 Å². The zero-order valence-electron chi connectivity index (χ0n) is 14.1. The summed E-state index contributed by atoms with van der Waals surface area (Å²) in [7, 11) is 2.18. The Morgan fingerprint density at radius 1 is 1.13 bits per heavy atom. The first-order valence-corrected chi connectivity index (χ1v) is 8.20. The predicted octanol–water partition coefficient (Wildman–Crippen LogP) is -1.40. The first-order chi connectivity index (χ1) is 10.9. The Morgan fingerprint density at radius 3 is 2.30 bits per heavy atom. The van der Waals surface area contributed by atoms with Gasteiger partial charge in [0.15, 0.2) is 6.54 Å². The molecule has 0 radical (unpaired) electrons. The molecule has 0 aromatic heterocycles. The fourth-order valence-electron chi connectivity index (χ4n) is 2.61. The highest BCUT2D eigenvalue weighted by molar-refractivity contribution is 5.93. The average Bonchev–Trinajstić information content (AvgIpc) is 2.49. The molecule has 1 heterocycles. The van der Waals surface area contributed by atoms with Gasteiger partial charge in [-0.1, -0.05) is 0 Å². The van der Waals surface area contributed by atoms with E-state index in [0.29, 0.717) is 17.8 Å². The molecule has 23 heavy (non-hydrogen) atoms. The molecule has 1 saturated heterocycles. The van der Waals surface area contributed by atoms with Gasteiger partial charge in [0.05, 0.1) is 18.7 Å². The van der Waals surface area contributed by atoms with Gasteiger partial charge in [0.2, 0.25) is 0 Å². The third-order valence-corrected chi connectivity index (χ3v) is 3.97. The van der Waals surface area contributed by atoms with Crippen LogP contribution in [0.2, 0.25) is 0 Å². The number of amides is 1. The van der Waals surface area contributed by atoms with Crippen LogP contribution in [-0.4, -0.2) is 57.8 Å². The van der Waals surface area contributed by atoms with Crippen molar-refractivity contribution in [3.63, 3.8) is 0 Å². The monoisotopic (exact) mass is 321 g/mol. The van der Waals surface area contributed by atoms with E-state index in [0.717, 1.165) is 26.2 Å². The zero-order chi connectivity index (χ0) is 16.8. The van der Waals surface area contributed by atoms with Gasteiger partial charge in [0.25, 0.3) is 5.91 Å². The number of rotatable bonds is 5. The van der Waals surface area contributed by atoms with Gasteiger partial charge in [0.1, 0.15) is 26.2 Å². The molecular formula is C17H27N3O3+2. The fraction of sp³-hybridized carbons (Fsp3) is 0.529. The molecule has 1 amide bonds. The van der Waals surface area contributed by atoms with E-state index in [1.54, 1.807) is 24.3 Å². The minimum atomic E-state index is -0.345. The van der Waals surface area contributed by atoms with Crippen LogP contribution < -0.4 is 15.1 Å². The average molecular weight is 321 g/mol. The number of nitrogens with one attached hydrogen (secondary N) is 3. The van der Waals surface area contributed by atoms with Crippen LogP contribution in [0.25, 0.3) is 0 Å². The number of anilines is 1. The molecule has 0 unspecified atom stereocenters. The second-order valence-corrected chi connectivity index (χ2v) is 6.46. The van der Waals surface area contributed by atoms with Crippen LogP contribution in [0.4, 0.5) is 5.69 Å². The predicted molar refractivity (Wildman–Crippen MR) is 87.8 cm³/mol. The number of esters is 1. The molecule has 0 aliphatic carbocycles. The van der Waals surface area contributed by atoms with E-state index < -0.39 is 0 Å². The van der Waals surface area contributed by atoms with Crippen LogP contribution in [0.5, 0.6) is 0 Å². The highest BCUT2D eigenvalue weighted by atomic mass is 16.5. The first-order valence-electron chi connectivity index (χ1n) is 8.20. The first kappa shape index (κ1) is 17.4. The molecule has 1 aliphatic heterocycles. The quantitative estimate of drug-likeness (QED) is 0.585. The third-order valence-electron chi connectivity index (χ3n) is 3.97. The van der Waals surface area contributed by atoms with Crippen molar-refractivity contribution in [2.24, 2.45) is 0 Å². The number of carbonyl (C=O) groups is 2. The van der Waals surface area contributed by atoms with E-state index in [4.69, 9.17) is 4.74 Å². The van der Waals surface area contributed by atoms with Gasteiger partial charge in [-0.05, 0) is 38.1 Å². The molecule has 2 rings (SSSR count). The Bertz CT molecular complexity index is 535. The summed E-state index contributed by atoms with van der Waals surface area (Å²) in [4.78, 5) is 26.7. The van der Waals surface area contributed by atoms with Crippen molar-refractivity contribution in [3.8, 4) is 0 Å². The molecule has 1 aromatic carbocycles. The Morgan fingerprint density at radius 2 is 1.74 bits per heavy atom. The zero-order valence-corrected chi connectivity index (χ0v) is 14.1. The lowest BCUT2D eigenvalue weighted by Crippen LogP contribution is -3.27. The van der Waals surface area contributed by atoms with Crippen molar-refractivity contribution < 1.29 is 24.1 Å². The molecule has 1 fully saturated rings. The maximum absolute atomic E-state index is 12.1. The largest absolute Gasteiger partial charge is 0.459 e. The van der Waals surface area contributed by atoms with Crippen LogP contribution in [0.15, 0.2) is 24.3 Å². The Hall–Kier alpha value is -1.92. The number of carbonyl (C=O) groups excluding carboxylic acids is 2. The van der Waals surface area contributed by atoms with Crippen LogP contribution in [0, 0.1) is 0 Å². The van der Waals surface area contributed by atoms with Crippen LogP contribution in [-0.2, 0) is 9.53 Å². The van der Waals surface area contributed by atoms with E-state index in [1.165, 1.54) is 9.80 Å². The second kappa shape index (κ2) is 8.08. The van der Waals surface area contributed by atoms with E-state index in [1.807, 2.05) is 13.8 Å². The van der Waals surface area contributed by atoms with Gasteiger partial charge < -0.3 is 19.9 Å². The maximum atomic E-state index is 12.1. The molecule has 0 atom stereocenters. The van der Waals surface area contributed by atoms with Crippen molar-refractivity contribution in [3.05, 3.63) is 29.8 Å². The van der Waals surface area contributed by atoms with Crippen molar-refractivity contribution in [2.45, 2.75) is 20.0 Å². The maximum Gasteiger partial charge on any atom is 0.338 e. The normalized spacial score (nSPS) is 21.0. The lowest BCUT2D eigenvalue weighted by Gasteiger charge is -2.26. The molecule has 0 saturated carbocycles. The topological polar surface area (TPSA) is 64.3 Å². The number of hydrogen-bond donors (Lipinski definition) is 3. The molecule has 1 aromatic rings. The van der Waals surface area contributed by atoms with Crippen molar-refractivity contribution in [1.29, 1.82) is 0 Å². The lowest BCUT2D eigenvalue weighted by atomic mass is 10.2. The number of quaternary nitrogens is 2. The SMILES string of the molecule is CC(C)OC(=O)c1ccc(NC(=O)C[NH+]2CC[NH+](C)CC2)cc1. The summed E-state index contributed by atoms with van der Waals surface area (Å²) in [5.74, 6) is -0.334. The molecule has 6 nitrogen and oxygen atoms in total. The van der Waals surface area contributed by atoms with E-state index in [9.17, 15) is 9.59 Å². The smallest absolute Gasteiger partial charge is 0.338 e. The van der Waals surface area contributed by atoms with E-state index in [-0.39, 0.29) is 18.0 Å². The summed E-state index contributed by atoms with van der Waals surface area (Å²) in [6, 6.07) is 6.81. The molecule has 6 heteroatoms. The molecule has 0 spiro atoms. The molecule has 1 aliphatic rings. The number of ether oxygens (including phenoxy) is 1. The highest BCUT2D eigenvalue weighted by Crippen LogP contribution is 2.11. The van der Waals surface area contributed by atoms with Gasteiger partial charge in [-0.2, -0.15) is 0 Å². The highest BCUT2D eigenvalue weighted by Gasteiger charge is 2.22. The van der Waals surface area contributed by atoms with E-state index >= 15 is 0 Å². The van der Waals surface area contributed by atoms with Gasteiger partial charge in [-0.15, -0.1) is 0 Å². The van der Waals surface area contributed by atoms with Crippen LogP contribution in [0.3, 0.4) is 0 Å². The number of hydrogen-bond acceptors (Lipinski definition) is 3. The van der Waals surface area contributed by atoms with Crippen molar-refractivity contribution >= 4 is 17.6 Å². The minimum Gasteiger partial charge on any atom is -0.459 e. The van der Waals surface area contributed by atoms with Gasteiger partial charge in [-0.3, -0.25) is 4.79 Å². The Kier molecular flexibility index (Phi) is 6.12. The summed E-state index contributed by atoms with van der Waals surface area (Å²) in [6.07, 6.45) is -0.143. The van der Waals surface area contributed by atoms with Crippen molar-refractivity contribution in [2.75, 3.05) is 45.1 Å². The third kappa shape index (κ3) is 5.65. The minimum absolute atomic E-state index is 0.0112. The molecular weight excluding hydrogens is 294 g/mol. The van der Waals surface area contributed by atoms with Gasteiger partial charge >= 0.3 is 5.97 Å². The second-order valence-electron chi connectivity index (χ2n) is 6.46. The summed E-state index contributed by atoms with van der Waals surface area (Å²) < 4.78 is 5.13. The summed E-state index contributed by atoms with van der Waals surface area (Å²) in [6.45, 7) is 8.39. The summed E-state index contributed by atoms with van der Waals surface area (Å²) >= 11 is 0. The molecule has 0 bridgehead atoms. The lowest BCUT2D eigenvalue weighted by molar-refractivity contribution is -0.999. The van der Waals surface area contributed by atoms with Crippen molar-refractivity contribution in [1.82, 2.24) is 0 Å².